The monoisotopic (exact) mass is 209 g/mol. The number of hydrogen-bond donors (Lipinski definition) is 1. The molecule has 0 saturated heterocycles. The van der Waals surface area contributed by atoms with E-state index in [1.807, 2.05) is 0 Å². The molecule has 0 spiro atoms. The maximum atomic E-state index is 11.7. The van der Waals surface area contributed by atoms with Gasteiger partial charge in [-0.1, -0.05) is 19.8 Å². The van der Waals surface area contributed by atoms with Gasteiger partial charge in [0, 0.05) is 18.4 Å². The Morgan fingerprint density at radius 2 is 2.33 bits per heavy atom. The van der Waals surface area contributed by atoms with Crippen molar-refractivity contribution >= 4 is 5.78 Å². The van der Waals surface area contributed by atoms with Gasteiger partial charge in [-0.05, 0) is 37.5 Å². The van der Waals surface area contributed by atoms with Gasteiger partial charge >= 0.3 is 0 Å². The number of fused-ring (bicyclic) bond motifs is 2. The summed E-state index contributed by atoms with van der Waals surface area (Å²) in [5, 5.41) is 0. The molecule has 2 nitrogen and oxygen atoms in total. The number of rotatable bonds is 3. The molecular weight excluding hydrogens is 186 g/mol. The summed E-state index contributed by atoms with van der Waals surface area (Å²) >= 11 is 0. The van der Waals surface area contributed by atoms with E-state index in [1.54, 1.807) is 0 Å². The van der Waals surface area contributed by atoms with Crippen molar-refractivity contribution in [3.63, 3.8) is 0 Å². The van der Waals surface area contributed by atoms with E-state index in [2.05, 4.69) is 6.92 Å². The molecule has 2 heteroatoms. The average molecular weight is 209 g/mol. The molecule has 0 heterocycles. The molecule has 2 N–H and O–H groups in total. The summed E-state index contributed by atoms with van der Waals surface area (Å²) in [5.74, 6) is 0.865. The summed E-state index contributed by atoms with van der Waals surface area (Å²) in [6.07, 6.45) is 8.84. The summed E-state index contributed by atoms with van der Waals surface area (Å²) in [6.45, 7) is 2.20. The van der Waals surface area contributed by atoms with Gasteiger partial charge in [-0.25, -0.2) is 0 Å². The van der Waals surface area contributed by atoms with Crippen molar-refractivity contribution in [1.82, 2.24) is 0 Å². The molecule has 2 aliphatic carbocycles. The van der Waals surface area contributed by atoms with Gasteiger partial charge in [-0.2, -0.15) is 0 Å². The Morgan fingerprint density at radius 3 is 3.07 bits per heavy atom. The molecule has 0 amide bonds. The molecule has 0 aliphatic heterocycles. The van der Waals surface area contributed by atoms with Crippen molar-refractivity contribution in [2.75, 3.05) is 0 Å². The summed E-state index contributed by atoms with van der Waals surface area (Å²) in [5.41, 5.74) is 6.66. The second-order valence-electron chi connectivity index (χ2n) is 5.52. The van der Waals surface area contributed by atoms with Gasteiger partial charge in [0.05, 0.1) is 0 Å². The molecule has 2 aliphatic rings. The maximum absolute atomic E-state index is 11.7. The third kappa shape index (κ3) is 1.96. The number of ketones is 1. The largest absolute Gasteiger partial charge is 0.327 e. The van der Waals surface area contributed by atoms with Crippen LogP contribution in [0.2, 0.25) is 0 Å². The fraction of sp³-hybridized carbons (Fsp3) is 0.923. The molecule has 3 atom stereocenters. The van der Waals surface area contributed by atoms with Crippen molar-refractivity contribution in [1.29, 1.82) is 0 Å². The average Bonchev–Trinajstić information content (AvgIpc) is 2.25. The SMILES string of the molecule is CCCC(N)C12CCCC(C1)C(=O)CC2. The molecule has 86 valence electrons. The molecule has 0 aromatic carbocycles. The Morgan fingerprint density at radius 1 is 1.53 bits per heavy atom. The van der Waals surface area contributed by atoms with E-state index >= 15 is 0 Å². The van der Waals surface area contributed by atoms with Crippen LogP contribution in [0.5, 0.6) is 0 Å². The van der Waals surface area contributed by atoms with E-state index < -0.39 is 0 Å². The van der Waals surface area contributed by atoms with E-state index in [0.717, 1.165) is 32.1 Å². The Kier molecular flexibility index (Phi) is 3.15. The fourth-order valence-electron chi connectivity index (χ4n) is 3.61. The van der Waals surface area contributed by atoms with Gasteiger partial charge < -0.3 is 5.73 Å². The van der Waals surface area contributed by atoms with Crippen molar-refractivity contribution in [2.45, 2.75) is 64.3 Å². The van der Waals surface area contributed by atoms with Crippen molar-refractivity contribution in [3.05, 3.63) is 0 Å². The second-order valence-corrected chi connectivity index (χ2v) is 5.52. The predicted octanol–water partition coefficient (Wildman–Crippen LogP) is 2.65. The zero-order valence-corrected chi connectivity index (χ0v) is 9.80. The fourth-order valence-corrected chi connectivity index (χ4v) is 3.61. The van der Waals surface area contributed by atoms with Crippen LogP contribution in [0.1, 0.15) is 58.3 Å². The number of hydrogen-bond acceptors (Lipinski definition) is 2. The Hall–Kier alpha value is -0.370. The summed E-state index contributed by atoms with van der Waals surface area (Å²) < 4.78 is 0. The minimum Gasteiger partial charge on any atom is -0.327 e. The topological polar surface area (TPSA) is 43.1 Å². The lowest BCUT2D eigenvalue weighted by Gasteiger charge is -2.48. The first-order valence-electron chi connectivity index (χ1n) is 6.46. The quantitative estimate of drug-likeness (QED) is 0.776. The highest BCUT2D eigenvalue weighted by Gasteiger charge is 2.45. The van der Waals surface area contributed by atoms with Crippen LogP contribution in [-0.2, 0) is 4.79 Å². The molecule has 2 fully saturated rings. The van der Waals surface area contributed by atoms with Crippen molar-refractivity contribution in [2.24, 2.45) is 17.1 Å². The zero-order valence-electron chi connectivity index (χ0n) is 9.80. The third-order valence-corrected chi connectivity index (χ3v) is 4.59. The standard InChI is InChI=1S/C13H23NO/c1-2-4-12(14)13-7-3-5-10(9-13)11(15)6-8-13/h10,12H,2-9,14H2,1H3. The first-order chi connectivity index (χ1) is 7.18. The van der Waals surface area contributed by atoms with Gasteiger partial charge in [0.15, 0.2) is 0 Å². The Bertz CT molecular complexity index is 251. The number of Topliss-reactive ketones (excluding diaryl/α,β-unsaturated/α-hetero) is 1. The van der Waals surface area contributed by atoms with Crippen LogP contribution in [-0.4, -0.2) is 11.8 Å². The predicted molar refractivity (Wildman–Crippen MR) is 61.5 cm³/mol. The van der Waals surface area contributed by atoms with Crippen LogP contribution in [0.15, 0.2) is 0 Å². The van der Waals surface area contributed by atoms with Crippen LogP contribution in [0.3, 0.4) is 0 Å². The van der Waals surface area contributed by atoms with Crippen LogP contribution in [0.25, 0.3) is 0 Å². The van der Waals surface area contributed by atoms with Crippen LogP contribution >= 0.6 is 0 Å². The van der Waals surface area contributed by atoms with E-state index in [9.17, 15) is 4.79 Å². The molecule has 2 rings (SSSR count). The van der Waals surface area contributed by atoms with Gasteiger partial charge in [0.25, 0.3) is 0 Å². The number of carbonyl (C=O) groups is 1. The van der Waals surface area contributed by atoms with Crippen molar-refractivity contribution in [3.8, 4) is 0 Å². The van der Waals surface area contributed by atoms with Crippen LogP contribution < -0.4 is 5.73 Å². The summed E-state index contributed by atoms with van der Waals surface area (Å²) in [6, 6.07) is 0.332. The van der Waals surface area contributed by atoms with Gasteiger partial charge in [-0.3, -0.25) is 4.79 Å². The maximum Gasteiger partial charge on any atom is 0.136 e. The normalized spacial score (nSPS) is 37.7. The van der Waals surface area contributed by atoms with Gasteiger partial charge in [-0.15, -0.1) is 0 Å². The zero-order chi connectivity index (χ0) is 10.9. The van der Waals surface area contributed by atoms with E-state index in [1.165, 1.54) is 19.3 Å². The lowest BCUT2D eigenvalue weighted by atomic mass is 9.58. The number of nitrogens with two attached hydrogens (primary N) is 1. The summed E-state index contributed by atoms with van der Waals surface area (Å²) in [7, 11) is 0. The molecule has 0 aromatic heterocycles. The van der Waals surface area contributed by atoms with Crippen molar-refractivity contribution < 1.29 is 4.79 Å². The third-order valence-electron chi connectivity index (χ3n) is 4.59. The minimum atomic E-state index is 0.326. The number of carbonyl (C=O) groups excluding carboxylic acids is 1. The molecule has 2 saturated carbocycles. The molecular formula is C13H23NO. The minimum absolute atomic E-state index is 0.326. The Balaban J connectivity index is 2.10. The highest BCUT2D eigenvalue weighted by molar-refractivity contribution is 5.82. The first-order valence-corrected chi connectivity index (χ1v) is 6.46. The van der Waals surface area contributed by atoms with E-state index in [4.69, 9.17) is 5.73 Å². The second kappa shape index (κ2) is 4.25. The van der Waals surface area contributed by atoms with E-state index in [-0.39, 0.29) is 0 Å². The highest BCUT2D eigenvalue weighted by Crippen LogP contribution is 2.49. The molecule has 2 bridgehead atoms. The highest BCUT2D eigenvalue weighted by atomic mass is 16.1. The smallest absolute Gasteiger partial charge is 0.136 e. The molecule has 3 unspecified atom stereocenters. The van der Waals surface area contributed by atoms with Gasteiger partial charge in [0.1, 0.15) is 5.78 Å². The van der Waals surface area contributed by atoms with Gasteiger partial charge in [0.2, 0.25) is 0 Å². The van der Waals surface area contributed by atoms with Crippen LogP contribution in [0, 0.1) is 11.3 Å². The van der Waals surface area contributed by atoms with E-state index in [0.29, 0.717) is 23.2 Å². The summed E-state index contributed by atoms with van der Waals surface area (Å²) in [4.78, 5) is 11.7. The Labute approximate surface area is 92.6 Å². The lowest BCUT2D eigenvalue weighted by Crippen LogP contribution is -2.49. The molecule has 15 heavy (non-hydrogen) atoms. The molecule has 0 aromatic rings. The van der Waals surface area contributed by atoms with Crippen LogP contribution in [0.4, 0.5) is 0 Å². The molecule has 0 radical (unpaired) electrons. The lowest BCUT2D eigenvalue weighted by molar-refractivity contribution is -0.130. The first kappa shape index (κ1) is 11.1.